The lowest BCUT2D eigenvalue weighted by molar-refractivity contribution is -0.154. The Labute approximate surface area is 79.8 Å². The number of hydrogen-bond acceptors (Lipinski definition) is 4. The second-order valence-electron chi connectivity index (χ2n) is 3.88. The lowest BCUT2D eigenvalue weighted by Crippen LogP contribution is -2.28. The van der Waals surface area contributed by atoms with Crippen LogP contribution in [0.3, 0.4) is 0 Å². The van der Waals surface area contributed by atoms with Crippen molar-refractivity contribution in [3.8, 4) is 0 Å². The molecule has 78 valence electrons. The summed E-state index contributed by atoms with van der Waals surface area (Å²) < 4.78 is 5.11. The number of nitrogens with two attached hydrogens (primary N) is 1. The Balaban J connectivity index is 3.41. The molecule has 0 heterocycles. The average Bonchev–Trinajstić information content (AvgIpc) is 1.94. The second-order valence-corrected chi connectivity index (χ2v) is 3.88. The molecule has 0 bridgehead atoms. The van der Waals surface area contributed by atoms with E-state index in [0.717, 1.165) is 6.54 Å². The van der Waals surface area contributed by atoms with Crippen LogP contribution in [0.25, 0.3) is 0 Å². The van der Waals surface area contributed by atoms with Gasteiger partial charge in [0.2, 0.25) is 0 Å². The molecule has 13 heavy (non-hydrogen) atoms. The number of carbonyl (C=O) groups is 1. The topological polar surface area (TPSA) is 64.3 Å². The summed E-state index contributed by atoms with van der Waals surface area (Å²) in [6.07, 6.45) is 0.400. The zero-order chi connectivity index (χ0) is 10.3. The third-order valence-electron chi connectivity index (χ3n) is 1.25. The first-order valence-electron chi connectivity index (χ1n) is 4.58. The first-order chi connectivity index (χ1) is 5.95. The molecule has 0 amide bonds. The minimum absolute atomic E-state index is 0.169. The van der Waals surface area contributed by atoms with E-state index in [2.05, 4.69) is 5.32 Å². The van der Waals surface area contributed by atoms with Crippen molar-refractivity contribution in [3.05, 3.63) is 0 Å². The van der Waals surface area contributed by atoms with Crippen LogP contribution in [0.15, 0.2) is 0 Å². The van der Waals surface area contributed by atoms with Gasteiger partial charge >= 0.3 is 5.97 Å². The van der Waals surface area contributed by atoms with Gasteiger partial charge in [-0.25, -0.2) is 0 Å². The van der Waals surface area contributed by atoms with E-state index in [0.29, 0.717) is 19.5 Å². The van der Waals surface area contributed by atoms with Crippen LogP contribution >= 0.6 is 0 Å². The Bertz CT molecular complexity index is 152. The van der Waals surface area contributed by atoms with Crippen molar-refractivity contribution >= 4 is 5.97 Å². The van der Waals surface area contributed by atoms with E-state index >= 15 is 0 Å². The number of rotatable bonds is 5. The summed E-state index contributed by atoms with van der Waals surface area (Å²) in [5, 5.41) is 3.03. The maximum Gasteiger partial charge on any atom is 0.307 e. The first-order valence-corrected chi connectivity index (χ1v) is 4.58. The molecule has 0 spiro atoms. The van der Waals surface area contributed by atoms with Gasteiger partial charge in [0.05, 0.1) is 6.42 Å². The molecule has 0 aliphatic carbocycles. The lowest BCUT2D eigenvalue weighted by atomic mass is 10.2. The first kappa shape index (κ1) is 12.4. The van der Waals surface area contributed by atoms with Crippen LogP contribution in [0, 0.1) is 0 Å². The SMILES string of the molecule is CC(C)(C)OC(=O)CCNCCN. The Morgan fingerprint density at radius 2 is 2.00 bits per heavy atom. The van der Waals surface area contributed by atoms with Gasteiger partial charge < -0.3 is 15.8 Å². The highest BCUT2D eigenvalue weighted by Gasteiger charge is 2.15. The van der Waals surface area contributed by atoms with Gasteiger partial charge in [-0.15, -0.1) is 0 Å². The number of hydrogen-bond donors (Lipinski definition) is 2. The molecule has 0 aromatic carbocycles. The van der Waals surface area contributed by atoms with Gasteiger partial charge in [0, 0.05) is 19.6 Å². The van der Waals surface area contributed by atoms with E-state index in [4.69, 9.17) is 10.5 Å². The summed E-state index contributed by atoms with van der Waals surface area (Å²) in [5.41, 5.74) is 4.88. The van der Waals surface area contributed by atoms with Gasteiger partial charge in [0.25, 0.3) is 0 Å². The molecule has 4 heteroatoms. The predicted octanol–water partition coefficient (Wildman–Crippen LogP) is 0.267. The molecule has 0 saturated carbocycles. The largest absolute Gasteiger partial charge is 0.460 e. The van der Waals surface area contributed by atoms with Gasteiger partial charge in [0.1, 0.15) is 5.60 Å². The molecule has 0 aromatic heterocycles. The molecular formula is C9H20N2O2. The smallest absolute Gasteiger partial charge is 0.307 e. The molecule has 0 radical (unpaired) electrons. The van der Waals surface area contributed by atoms with E-state index in [9.17, 15) is 4.79 Å². The number of carbonyl (C=O) groups excluding carboxylic acids is 1. The molecular weight excluding hydrogens is 168 g/mol. The third kappa shape index (κ3) is 9.30. The average molecular weight is 188 g/mol. The Hall–Kier alpha value is -0.610. The fraction of sp³-hybridized carbons (Fsp3) is 0.889. The van der Waals surface area contributed by atoms with Crippen LogP contribution in [0.2, 0.25) is 0 Å². The van der Waals surface area contributed by atoms with Crippen LogP contribution in [0.4, 0.5) is 0 Å². The zero-order valence-corrected chi connectivity index (χ0v) is 8.72. The van der Waals surface area contributed by atoms with E-state index in [1.165, 1.54) is 0 Å². The molecule has 3 N–H and O–H groups in total. The normalized spacial score (nSPS) is 11.4. The summed E-state index contributed by atoms with van der Waals surface area (Å²) in [7, 11) is 0. The number of ether oxygens (including phenoxy) is 1. The monoisotopic (exact) mass is 188 g/mol. The quantitative estimate of drug-likeness (QED) is 0.480. The van der Waals surface area contributed by atoms with Crippen molar-refractivity contribution in [2.45, 2.75) is 32.8 Å². The summed E-state index contributed by atoms with van der Waals surface area (Å²) in [5.74, 6) is -0.169. The molecule has 0 aliphatic rings. The highest BCUT2D eigenvalue weighted by Crippen LogP contribution is 2.07. The number of esters is 1. The predicted molar refractivity (Wildman–Crippen MR) is 52.4 cm³/mol. The van der Waals surface area contributed by atoms with Crippen LogP contribution in [0.5, 0.6) is 0 Å². The molecule has 0 fully saturated rings. The van der Waals surface area contributed by atoms with Crippen molar-refractivity contribution < 1.29 is 9.53 Å². The minimum atomic E-state index is -0.384. The van der Waals surface area contributed by atoms with Crippen LogP contribution in [-0.2, 0) is 9.53 Å². The van der Waals surface area contributed by atoms with Crippen molar-refractivity contribution in [1.29, 1.82) is 0 Å². The zero-order valence-electron chi connectivity index (χ0n) is 8.72. The van der Waals surface area contributed by atoms with Crippen LogP contribution < -0.4 is 11.1 Å². The van der Waals surface area contributed by atoms with Crippen LogP contribution in [-0.4, -0.2) is 31.2 Å². The Morgan fingerprint density at radius 3 is 2.46 bits per heavy atom. The van der Waals surface area contributed by atoms with Gasteiger partial charge in [-0.1, -0.05) is 0 Å². The van der Waals surface area contributed by atoms with Gasteiger partial charge in [-0.3, -0.25) is 4.79 Å². The highest BCUT2D eigenvalue weighted by atomic mass is 16.6. The van der Waals surface area contributed by atoms with Gasteiger partial charge in [0.15, 0.2) is 0 Å². The minimum Gasteiger partial charge on any atom is -0.460 e. The summed E-state index contributed by atoms with van der Waals surface area (Å²) in [4.78, 5) is 11.1. The van der Waals surface area contributed by atoms with Gasteiger partial charge in [-0.2, -0.15) is 0 Å². The maximum atomic E-state index is 11.1. The summed E-state index contributed by atoms with van der Waals surface area (Å²) >= 11 is 0. The fourth-order valence-electron chi connectivity index (χ4n) is 0.810. The number of nitrogens with one attached hydrogen (secondary N) is 1. The molecule has 0 aliphatic heterocycles. The molecule has 0 unspecified atom stereocenters. The maximum absolute atomic E-state index is 11.1. The molecule has 0 atom stereocenters. The Kier molecular flexibility index (Phi) is 5.66. The second kappa shape index (κ2) is 5.94. The van der Waals surface area contributed by atoms with E-state index in [1.54, 1.807) is 0 Å². The molecule has 0 rings (SSSR count). The van der Waals surface area contributed by atoms with E-state index in [-0.39, 0.29) is 11.6 Å². The highest BCUT2D eigenvalue weighted by molar-refractivity contribution is 5.70. The van der Waals surface area contributed by atoms with Crippen molar-refractivity contribution in [2.24, 2.45) is 5.73 Å². The van der Waals surface area contributed by atoms with Crippen molar-refractivity contribution in [1.82, 2.24) is 5.32 Å². The third-order valence-corrected chi connectivity index (χ3v) is 1.25. The lowest BCUT2D eigenvalue weighted by Gasteiger charge is -2.19. The molecule has 0 aromatic rings. The van der Waals surface area contributed by atoms with Crippen molar-refractivity contribution in [2.75, 3.05) is 19.6 Å². The summed E-state index contributed by atoms with van der Waals surface area (Å²) in [6, 6.07) is 0. The molecule has 0 saturated heterocycles. The summed E-state index contributed by atoms with van der Waals surface area (Å²) in [6.45, 7) is 7.54. The Morgan fingerprint density at radius 1 is 1.38 bits per heavy atom. The standard InChI is InChI=1S/C9H20N2O2/c1-9(2,3)13-8(12)4-6-11-7-5-10/h11H,4-7,10H2,1-3H3. The van der Waals surface area contributed by atoms with Crippen molar-refractivity contribution in [3.63, 3.8) is 0 Å². The van der Waals surface area contributed by atoms with Crippen LogP contribution in [0.1, 0.15) is 27.2 Å². The fourth-order valence-corrected chi connectivity index (χ4v) is 0.810. The van der Waals surface area contributed by atoms with E-state index < -0.39 is 0 Å². The molecule has 4 nitrogen and oxygen atoms in total. The van der Waals surface area contributed by atoms with Gasteiger partial charge in [-0.05, 0) is 20.8 Å². The van der Waals surface area contributed by atoms with E-state index in [1.807, 2.05) is 20.8 Å².